The van der Waals surface area contributed by atoms with Crippen LogP contribution in [0.15, 0.2) is 21.8 Å². The van der Waals surface area contributed by atoms with Gasteiger partial charge in [-0.15, -0.1) is 0 Å². The van der Waals surface area contributed by atoms with Crippen molar-refractivity contribution in [3.05, 3.63) is 28.0 Å². The SMILES string of the molecule is COCc1nc(C=NO)ccc1Br. The first-order chi connectivity index (χ1) is 6.27. The van der Waals surface area contributed by atoms with E-state index in [1.165, 1.54) is 6.21 Å². The molecule has 70 valence electrons. The number of ether oxygens (including phenoxy) is 1. The zero-order valence-electron chi connectivity index (χ0n) is 7.07. The second-order valence-corrected chi connectivity index (χ2v) is 3.20. The molecule has 0 amide bonds. The lowest BCUT2D eigenvalue weighted by Gasteiger charge is -2.02. The molecule has 0 saturated carbocycles. The summed E-state index contributed by atoms with van der Waals surface area (Å²) in [7, 11) is 1.60. The number of rotatable bonds is 3. The van der Waals surface area contributed by atoms with E-state index in [2.05, 4.69) is 26.1 Å². The number of pyridine rings is 1. The van der Waals surface area contributed by atoms with Gasteiger partial charge in [-0.1, -0.05) is 5.16 Å². The minimum atomic E-state index is 0.424. The molecule has 13 heavy (non-hydrogen) atoms. The van der Waals surface area contributed by atoms with Gasteiger partial charge in [0, 0.05) is 11.6 Å². The zero-order chi connectivity index (χ0) is 9.68. The smallest absolute Gasteiger partial charge is 0.0918 e. The van der Waals surface area contributed by atoms with E-state index in [4.69, 9.17) is 9.94 Å². The predicted molar refractivity (Wildman–Crippen MR) is 52.0 cm³/mol. The van der Waals surface area contributed by atoms with Crippen molar-refractivity contribution >= 4 is 22.1 Å². The third-order valence-electron chi connectivity index (χ3n) is 1.41. The number of hydrogen-bond donors (Lipinski definition) is 1. The molecule has 4 nitrogen and oxygen atoms in total. The van der Waals surface area contributed by atoms with Gasteiger partial charge in [-0.25, -0.2) is 4.98 Å². The molecule has 0 aliphatic carbocycles. The van der Waals surface area contributed by atoms with Crippen LogP contribution in [0.1, 0.15) is 11.4 Å². The molecule has 0 saturated heterocycles. The molecule has 0 aliphatic rings. The zero-order valence-corrected chi connectivity index (χ0v) is 8.65. The standard InChI is InChI=1S/C8H9BrN2O2/c1-13-5-8-7(9)3-2-6(11-8)4-10-12/h2-4,12H,5H2,1H3. The fourth-order valence-corrected chi connectivity index (χ4v) is 1.21. The maximum Gasteiger partial charge on any atom is 0.0918 e. The predicted octanol–water partition coefficient (Wildman–Crippen LogP) is 1.80. The first kappa shape index (κ1) is 10.1. The number of methoxy groups -OCH3 is 1. The van der Waals surface area contributed by atoms with Gasteiger partial charge in [0.15, 0.2) is 0 Å². The molecular formula is C8H9BrN2O2. The Bertz CT molecular complexity index is 315. The van der Waals surface area contributed by atoms with Gasteiger partial charge in [-0.05, 0) is 28.1 Å². The monoisotopic (exact) mass is 244 g/mol. The maximum absolute atomic E-state index is 8.30. The van der Waals surface area contributed by atoms with Gasteiger partial charge in [-0.2, -0.15) is 0 Å². The van der Waals surface area contributed by atoms with E-state index in [1.54, 1.807) is 13.2 Å². The van der Waals surface area contributed by atoms with Crippen LogP contribution < -0.4 is 0 Å². The largest absolute Gasteiger partial charge is 0.411 e. The molecule has 1 heterocycles. The molecule has 0 spiro atoms. The van der Waals surface area contributed by atoms with Crippen molar-refractivity contribution in [1.82, 2.24) is 4.98 Å². The highest BCUT2D eigenvalue weighted by Gasteiger charge is 2.01. The number of oxime groups is 1. The summed E-state index contributed by atoms with van der Waals surface area (Å²) in [5.74, 6) is 0. The minimum absolute atomic E-state index is 0.424. The average Bonchev–Trinajstić information content (AvgIpc) is 2.12. The summed E-state index contributed by atoms with van der Waals surface area (Å²) in [4.78, 5) is 4.17. The first-order valence-corrected chi connectivity index (χ1v) is 4.39. The van der Waals surface area contributed by atoms with Crippen molar-refractivity contribution < 1.29 is 9.94 Å². The van der Waals surface area contributed by atoms with Crippen LogP contribution in [0.5, 0.6) is 0 Å². The van der Waals surface area contributed by atoms with Crippen LogP contribution >= 0.6 is 15.9 Å². The highest BCUT2D eigenvalue weighted by atomic mass is 79.9. The third kappa shape index (κ3) is 2.78. The molecule has 0 unspecified atom stereocenters. The van der Waals surface area contributed by atoms with Gasteiger partial charge in [0.25, 0.3) is 0 Å². The number of halogens is 1. The van der Waals surface area contributed by atoms with E-state index < -0.39 is 0 Å². The van der Waals surface area contributed by atoms with Crippen LogP contribution in [0.4, 0.5) is 0 Å². The Morgan fingerprint density at radius 1 is 1.69 bits per heavy atom. The quantitative estimate of drug-likeness (QED) is 0.501. The normalized spacial score (nSPS) is 10.9. The first-order valence-electron chi connectivity index (χ1n) is 3.59. The van der Waals surface area contributed by atoms with Crippen LogP contribution in [0.2, 0.25) is 0 Å². The number of nitrogens with zero attached hydrogens (tertiary/aromatic N) is 2. The summed E-state index contributed by atoms with van der Waals surface area (Å²) in [6.45, 7) is 0.424. The van der Waals surface area contributed by atoms with Crippen molar-refractivity contribution in [2.75, 3.05) is 7.11 Å². The molecule has 1 rings (SSSR count). The van der Waals surface area contributed by atoms with E-state index in [-0.39, 0.29) is 0 Å². The molecule has 5 heteroatoms. The molecule has 1 aromatic rings. The Hall–Kier alpha value is -0.940. The van der Waals surface area contributed by atoms with Crippen molar-refractivity contribution in [2.24, 2.45) is 5.16 Å². The Morgan fingerprint density at radius 3 is 3.08 bits per heavy atom. The van der Waals surface area contributed by atoms with Crippen LogP contribution in [0.25, 0.3) is 0 Å². The van der Waals surface area contributed by atoms with Crippen molar-refractivity contribution in [1.29, 1.82) is 0 Å². The summed E-state index contributed by atoms with van der Waals surface area (Å²) in [6, 6.07) is 3.57. The molecule has 1 N–H and O–H groups in total. The van der Waals surface area contributed by atoms with Gasteiger partial charge in [-0.3, -0.25) is 0 Å². The lowest BCUT2D eigenvalue weighted by molar-refractivity contribution is 0.181. The van der Waals surface area contributed by atoms with E-state index >= 15 is 0 Å². The van der Waals surface area contributed by atoms with Gasteiger partial charge >= 0.3 is 0 Å². The Morgan fingerprint density at radius 2 is 2.46 bits per heavy atom. The summed E-state index contributed by atoms with van der Waals surface area (Å²) in [6.07, 6.45) is 1.27. The maximum atomic E-state index is 8.30. The summed E-state index contributed by atoms with van der Waals surface area (Å²) < 4.78 is 5.82. The molecule has 1 aromatic heterocycles. The summed E-state index contributed by atoms with van der Waals surface area (Å²) >= 11 is 3.33. The van der Waals surface area contributed by atoms with E-state index in [0.717, 1.165) is 10.2 Å². The van der Waals surface area contributed by atoms with E-state index in [9.17, 15) is 0 Å². The summed E-state index contributed by atoms with van der Waals surface area (Å²) in [5, 5.41) is 11.2. The fraction of sp³-hybridized carbons (Fsp3) is 0.250. The Kier molecular flexibility index (Phi) is 3.85. The molecule has 0 atom stereocenters. The van der Waals surface area contributed by atoms with Gasteiger partial charge < -0.3 is 9.94 Å². The fourth-order valence-electron chi connectivity index (χ4n) is 0.870. The molecule has 0 aromatic carbocycles. The molecular weight excluding hydrogens is 236 g/mol. The topological polar surface area (TPSA) is 54.7 Å². The second kappa shape index (κ2) is 4.94. The number of aromatic nitrogens is 1. The third-order valence-corrected chi connectivity index (χ3v) is 2.13. The molecule has 0 aliphatic heterocycles. The molecule has 0 bridgehead atoms. The van der Waals surface area contributed by atoms with Crippen molar-refractivity contribution in [3.63, 3.8) is 0 Å². The van der Waals surface area contributed by atoms with Crippen LogP contribution in [-0.2, 0) is 11.3 Å². The Balaban J connectivity index is 2.96. The van der Waals surface area contributed by atoms with Crippen LogP contribution in [0.3, 0.4) is 0 Å². The van der Waals surface area contributed by atoms with Crippen molar-refractivity contribution in [3.8, 4) is 0 Å². The molecule has 0 radical (unpaired) electrons. The second-order valence-electron chi connectivity index (χ2n) is 2.34. The van der Waals surface area contributed by atoms with Gasteiger partial charge in [0.05, 0.1) is 24.2 Å². The van der Waals surface area contributed by atoms with E-state index in [0.29, 0.717) is 12.3 Å². The van der Waals surface area contributed by atoms with Crippen LogP contribution in [0, 0.1) is 0 Å². The van der Waals surface area contributed by atoms with E-state index in [1.807, 2.05) is 6.07 Å². The highest BCUT2D eigenvalue weighted by molar-refractivity contribution is 9.10. The lowest BCUT2D eigenvalue weighted by Crippen LogP contribution is -1.97. The highest BCUT2D eigenvalue weighted by Crippen LogP contribution is 2.15. The average molecular weight is 245 g/mol. The summed E-state index contributed by atoms with van der Waals surface area (Å²) in [5.41, 5.74) is 1.37. The Labute approximate surface area is 84.4 Å². The van der Waals surface area contributed by atoms with Gasteiger partial charge in [0.1, 0.15) is 0 Å². The van der Waals surface area contributed by atoms with Gasteiger partial charge in [0.2, 0.25) is 0 Å². The van der Waals surface area contributed by atoms with Crippen LogP contribution in [-0.4, -0.2) is 23.5 Å². The van der Waals surface area contributed by atoms with Crippen molar-refractivity contribution in [2.45, 2.75) is 6.61 Å². The lowest BCUT2D eigenvalue weighted by atomic mass is 10.3. The number of hydrogen-bond acceptors (Lipinski definition) is 4. The molecule has 0 fully saturated rings. The minimum Gasteiger partial charge on any atom is -0.411 e.